The first-order chi connectivity index (χ1) is 8.78. The highest BCUT2D eigenvalue weighted by Gasteiger charge is 2.31. The van der Waals surface area contributed by atoms with Crippen LogP contribution in [0.1, 0.15) is 16.8 Å². The second kappa shape index (κ2) is 5.19. The standard InChI is InChI=1S/C11H11Cl2NO4S/c12-9-4-6(14)3-8(10(9)13)11(15)18-7-1-2-19(16,17)5-7/h3-4,7H,1-2,5,14H2. The minimum Gasteiger partial charge on any atom is -0.458 e. The third-order valence-electron chi connectivity index (χ3n) is 2.73. The van der Waals surface area contributed by atoms with Crippen LogP contribution in [0, 0.1) is 0 Å². The molecule has 1 aliphatic rings. The third-order valence-corrected chi connectivity index (χ3v) is 5.27. The Bertz CT molecular complexity index is 630. The van der Waals surface area contributed by atoms with Crippen molar-refractivity contribution < 1.29 is 17.9 Å². The van der Waals surface area contributed by atoms with Crippen molar-refractivity contribution >= 4 is 44.7 Å². The first-order valence-electron chi connectivity index (χ1n) is 5.44. The number of hydrogen-bond acceptors (Lipinski definition) is 5. The van der Waals surface area contributed by atoms with Crippen molar-refractivity contribution in [2.24, 2.45) is 0 Å². The Morgan fingerprint density at radius 2 is 2.05 bits per heavy atom. The van der Waals surface area contributed by atoms with Crippen molar-refractivity contribution in [3.8, 4) is 0 Å². The molecule has 0 aliphatic carbocycles. The van der Waals surface area contributed by atoms with E-state index in [1.165, 1.54) is 12.1 Å². The number of nitrogens with two attached hydrogens (primary N) is 1. The van der Waals surface area contributed by atoms with E-state index in [9.17, 15) is 13.2 Å². The molecule has 2 rings (SSSR count). The molecule has 104 valence electrons. The van der Waals surface area contributed by atoms with E-state index in [1.807, 2.05) is 0 Å². The molecule has 1 heterocycles. The molecule has 1 aliphatic heterocycles. The normalized spacial score (nSPS) is 21.3. The van der Waals surface area contributed by atoms with Crippen molar-refractivity contribution in [3.63, 3.8) is 0 Å². The van der Waals surface area contributed by atoms with Crippen molar-refractivity contribution in [2.75, 3.05) is 17.2 Å². The van der Waals surface area contributed by atoms with Gasteiger partial charge in [0.05, 0.1) is 27.1 Å². The maximum absolute atomic E-state index is 11.9. The van der Waals surface area contributed by atoms with Crippen LogP contribution in [0.4, 0.5) is 5.69 Å². The monoisotopic (exact) mass is 323 g/mol. The van der Waals surface area contributed by atoms with Crippen LogP contribution in [-0.4, -0.2) is 32.0 Å². The number of carbonyl (C=O) groups is 1. The van der Waals surface area contributed by atoms with Gasteiger partial charge in [-0.2, -0.15) is 0 Å². The van der Waals surface area contributed by atoms with Gasteiger partial charge in [0.15, 0.2) is 9.84 Å². The molecule has 1 atom stereocenters. The molecule has 0 amide bonds. The van der Waals surface area contributed by atoms with Crippen molar-refractivity contribution in [3.05, 3.63) is 27.7 Å². The summed E-state index contributed by atoms with van der Waals surface area (Å²) in [7, 11) is -3.11. The fourth-order valence-electron chi connectivity index (χ4n) is 1.83. The van der Waals surface area contributed by atoms with E-state index in [4.69, 9.17) is 33.7 Å². The number of esters is 1. The average molecular weight is 324 g/mol. The highest BCUT2D eigenvalue weighted by atomic mass is 35.5. The fraction of sp³-hybridized carbons (Fsp3) is 0.364. The number of anilines is 1. The number of hydrogen-bond donors (Lipinski definition) is 1. The quantitative estimate of drug-likeness (QED) is 0.663. The lowest BCUT2D eigenvalue weighted by atomic mass is 10.2. The Morgan fingerprint density at radius 3 is 2.63 bits per heavy atom. The summed E-state index contributed by atoms with van der Waals surface area (Å²) in [6, 6.07) is 2.76. The van der Waals surface area contributed by atoms with Crippen LogP contribution < -0.4 is 5.73 Å². The number of halogens is 2. The number of benzene rings is 1. The smallest absolute Gasteiger partial charge is 0.340 e. The van der Waals surface area contributed by atoms with Gasteiger partial charge in [0.25, 0.3) is 0 Å². The van der Waals surface area contributed by atoms with E-state index < -0.39 is 21.9 Å². The van der Waals surface area contributed by atoms with E-state index in [0.717, 1.165) is 0 Å². The number of carbonyl (C=O) groups excluding carboxylic acids is 1. The largest absolute Gasteiger partial charge is 0.458 e. The zero-order valence-corrected chi connectivity index (χ0v) is 12.1. The summed E-state index contributed by atoms with van der Waals surface area (Å²) in [5.41, 5.74) is 5.89. The summed E-state index contributed by atoms with van der Waals surface area (Å²) in [5.74, 6) is -0.857. The molecule has 0 aromatic heterocycles. The minimum absolute atomic E-state index is 0.0242. The van der Waals surface area contributed by atoms with Gasteiger partial charge >= 0.3 is 5.97 Å². The molecule has 1 saturated heterocycles. The molecule has 1 fully saturated rings. The van der Waals surface area contributed by atoms with Gasteiger partial charge in [-0.05, 0) is 18.6 Å². The molecule has 19 heavy (non-hydrogen) atoms. The van der Waals surface area contributed by atoms with Crippen LogP contribution in [0.2, 0.25) is 10.0 Å². The molecule has 8 heteroatoms. The molecule has 1 unspecified atom stereocenters. The van der Waals surface area contributed by atoms with Crippen LogP contribution in [0.5, 0.6) is 0 Å². The summed E-state index contributed by atoms with van der Waals surface area (Å²) in [5, 5.41) is 0.189. The number of ether oxygens (including phenoxy) is 1. The van der Waals surface area contributed by atoms with Crippen LogP contribution in [0.25, 0.3) is 0 Å². The maximum atomic E-state index is 11.9. The summed E-state index contributed by atoms with van der Waals surface area (Å²) < 4.78 is 27.7. The number of rotatable bonds is 2. The highest BCUT2D eigenvalue weighted by Crippen LogP contribution is 2.30. The van der Waals surface area contributed by atoms with Gasteiger partial charge in [0.2, 0.25) is 0 Å². The molecule has 0 bridgehead atoms. The topological polar surface area (TPSA) is 86.5 Å². The summed E-state index contributed by atoms with van der Waals surface area (Å²) in [6.45, 7) is 0. The summed E-state index contributed by atoms with van der Waals surface area (Å²) >= 11 is 11.7. The number of sulfone groups is 1. The van der Waals surface area contributed by atoms with Crippen molar-refractivity contribution in [1.82, 2.24) is 0 Å². The molecule has 0 spiro atoms. The molecule has 0 saturated carbocycles. The van der Waals surface area contributed by atoms with Gasteiger partial charge in [-0.3, -0.25) is 0 Å². The van der Waals surface area contributed by atoms with Crippen LogP contribution in [0.3, 0.4) is 0 Å². The Kier molecular flexibility index (Phi) is 3.94. The van der Waals surface area contributed by atoms with E-state index in [0.29, 0.717) is 6.42 Å². The van der Waals surface area contributed by atoms with E-state index in [1.54, 1.807) is 0 Å². The lowest BCUT2D eigenvalue weighted by Crippen LogP contribution is -2.19. The Labute approximate surface area is 120 Å². The molecule has 5 nitrogen and oxygen atoms in total. The lowest BCUT2D eigenvalue weighted by Gasteiger charge is -2.12. The van der Waals surface area contributed by atoms with E-state index >= 15 is 0 Å². The SMILES string of the molecule is Nc1cc(Cl)c(Cl)c(C(=O)OC2CCS(=O)(=O)C2)c1. The summed E-state index contributed by atoms with van der Waals surface area (Å²) in [4.78, 5) is 11.9. The minimum atomic E-state index is -3.11. The first kappa shape index (κ1) is 14.4. The Morgan fingerprint density at radius 1 is 1.37 bits per heavy atom. The van der Waals surface area contributed by atoms with Crippen molar-refractivity contribution in [2.45, 2.75) is 12.5 Å². The van der Waals surface area contributed by atoms with Gasteiger partial charge in [0.1, 0.15) is 6.10 Å². The zero-order valence-electron chi connectivity index (χ0n) is 9.73. The summed E-state index contributed by atoms with van der Waals surface area (Å²) in [6.07, 6.45) is -0.351. The van der Waals surface area contributed by atoms with Crippen LogP contribution in [0.15, 0.2) is 12.1 Å². The predicted octanol–water partition coefficient (Wildman–Crippen LogP) is 1.92. The maximum Gasteiger partial charge on any atom is 0.340 e. The molecular formula is C11H11Cl2NO4S. The van der Waals surface area contributed by atoms with E-state index in [-0.39, 0.29) is 32.8 Å². The van der Waals surface area contributed by atoms with Gasteiger partial charge in [-0.1, -0.05) is 23.2 Å². The molecule has 2 N–H and O–H groups in total. The Hall–Kier alpha value is -0.980. The Balaban J connectivity index is 2.17. The van der Waals surface area contributed by atoms with Gasteiger partial charge in [0, 0.05) is 5.69 Å². The average Bonchev–Trinajstić information content (AvgIpc) is 2.63. The second-order valence-corrected chi connectivity index (χ2v) is 7.31. The number of nitrogen functional groups attached to an aromatic ring is 1. The molecule has 0 radical (unpaired) electrons. The highest BCUT2D eigenvalue weighted by molar-refractivity contribution is 7.91. The van der Waals surface area contributed by atoms with Crippen molar-refractivity contribution in [1.29, 1.82) is 0 Å². The molecule has 1 aromatic carbocycles. The van der Waals surface area contributed by atoms with Gasteiger partial charge in [-0.25, -0.2) is 13.2 Å². The van der Waals surface area contributed by atoms with Crippen LogP contribution >= 0.6 is 23.2 Å². The van der Waals surface area contributed by atoms with Gasteiger partial charge in [-0.15, -0.1) is 0 Å². The predicted molar refractivity (Wildman–Crippen MR) is 73.3 cm³/mol. The fourth-order valence-corrected chi connectivity index (χ4v) is 3.83. The molecular weight excluding hydrogens is 313 g/mol. The lowest BCUT2D eigenvalue weighted by molar-refractivity contribution is 0.0356. The third kappa shape index (κ3) is 3.32. The molecule has 1 aromatic rings. The van der Waals surface area contributed by atoms with Crippen LogP contribution in [-0.2, 0) is 14.6 Å². The second-order valence-electron chi connectivity index (χ2n) is 4.29. The van der Waals surface area contributed by atoms with E-state index in [2.05, 4.69) is 0 Å². The first-order valence-corrected chi connectivity index (χ1v) is 8.02. The zero-order chi connectivity index (χ0) is 14.2. The van der Waals surface area contributed by atoms with Gasteiger partial charge < -0.3 is 10.5 Å².